The lowest BCUT2D eigenvalue weighted by atomic mass is 10.0. The Kier molecular flexibility index (Phi) is 3.33. The van der Waals surface area contributed by atoms with E-state index < -0.39 is 0 Å². The molecular formula is C15H15O2. The van der Waals surface area contributed by atoms with Gasteiger partial charge >= 0.3 is 0 Å². The van der Waals surface area contributed by atoms with Crippen molar-refractivity contribution in [3.05, 3.63) is 55.0 Å². The van der Waals surface area contributed by atoms with Gasteiger partial charge in [0, 0.05) is 0 Å². The van der Waals surface area contributed by atoms with Gasteiger partial charge in [0.1, 0.15) is 0 Å². The maximum Gasteiger partial charge on any atom is 0.161 e. The molecule has 0 amide bonds. The van der Waals surface area contributed by atoms with Crippen molar-refractivity contribution < 1.29 is 9.47 Å². The first kappa shape index (κ1) is 11.5. The van der Waals surface area contributed by atoms with Gasteiger partial charge in [-0.1, -0.05) is 30.3 Å². The summed E-state index contributed by atoms with van der Waals surface area (Å²) >= 11 is 0. The van der Waals surface area contributed by atoms with Crippen LogP contribution in [0.4, 0.5) is 0 Å². The molecule has 2 rings (SSSR count). The van der Waals surface area contributed by atoms with Crippen molar-refractivity contribution in [1.29, 1.82) is 0 Å². The van der Waals surface area contributed by atoms with Crippen LogP contribution in [0.5, 0.6) is 11.5 Å². The number of hydrogen-bond donors (Lipinski definition) is 0. The van der Waals surface area contributed by atoms with Crippen LogP contribution in [0.25, 0.3) is 11.1 Å². The van der Waals surface area contributed by atoms with Gasteiger partial charge < -0.3 is 9.47 Å². The van der Waals surface area contributed by atoms with E-state index in [1.54, 1.807) is 14.2 Å². The second-order valence-corrected chi connectivity index (χ2v) is 3.73. The van der Waals surface area contributed by atoms with Gasteiger partial charge in [-0.3, -0.25) is 0 Å². The molecule has 0 aromatic heterocycles. The monoisotopic (exact) mass is 227 g/mol. The van der Waals surface area contributed by atoms with Crippen LogP contribution in [0.15, 0.2) is 42.5 Å². The molecule has 0 heterocycles. The molecular weight excluding hydrogens is 212 g/mol. The lowest BCUT2D eigenvalue weighted by Crippen LogP contribution is -1.91. The van der Waals surface area contributed by atoms with Gasteiger partial charge in [-0.15, -0.1) is 0 Å². The summed E-state index contributed by atoms with van der Waals surface area (Å²) in [7, 11) is 3.27. The molecule has 2 aromatic rings. The molecule has 0 fully saturated rings. The van der Waals surface area contributed by atoms with Crippen molar-refractivity contribution in [3.8, 4) is 22.6 Å². The highest BCUT2D eigenvalue weighted by atomic mass is 16.5. The molecule has 0 atom stereocenters. The van der Waals surface area contributed by atoms with E-state index in [0.717, 1.165) is 28.2 Å². The molecule has 0 unspecified atom stereocenters. The molecule has 0 aliphatic rings. The Morgan fingerprint density at radius 3 is 2.24 bits per heavy atom. The zero-order valence-electron chi connectivity index (χ0n) is 10.1. The molecule has 87 valence electrons. The molecule has 2 aromatic carbocycles. The lowest BCUT2D eigenvalue weighted by Gasteiger charge is -2.11. The molecule has 1 radical (unpaired) electrons. The van der Waals surface area contributed by atoms with E-state index in [1.165, 1.54) is 0 Å². The second kappa shape index (κ2) is 4.91. The standard InChI is InChI=1S/C15H15O2/c1-11-6-4-5-7-13(11)12-8-9-14(16-2)15(10-12)17-3/h4-10H,1H2,2-3H3. The smallest absolute Gasteiger partial charge is 0.161 e. The van der Waals surface area contributed by atoms with E-state index in [-0.39, 0.29) is 0 Å². The van der Waals surface area contributed by atoms with Gasteiger partial charge in [0.05, 0.1) is 14.2 Å². The molecule has 17 heavy (non-hydrogen) atoms. The Morgan fingerprint density at radius 1 is 0.882 bits per heavy atom. The quantitative estimate of drug-likeness (QED) is 0.798. The van der Waals surface area contributed by atoms with E-state index in [0.29, 0.717) is 0 Å². The minimum atomic E-state index is 0.730. The average molecular weight is 227 g/mol. The third-order valence-corrected chi connectivity index (χ3v) is 2.71. The van der Waals surface area contributed by atoms with E-state index in [1.807, 2.05) is 42.5 Å². The Labute approximate surface area is 102 Å². The van der Waals surface area contributed by atoms with Crippen LogP contribution in [0.2, 0.25) is 0 Å². The highest BCUT2D eigenvalue weighted by molar-refractivity contribution is 5.70. The summed E-state index contributed by atoms with van der Waals surface area (Å²) < 4.78 is 10.5. The van der Waals surface area contributed by atoms with Crippen molar-refractivity contribution in [3.63, 3.8) is 0 Å². The first-order valence-electron chi connectivity index (χ1n) is 5.39. The highest BCUT2D eigenvalue weighted by Gasteiger charge is 2.07. The van der Waals surface area contributed by atoms with Gasteiger partial charge in [0.25, 0.3) is 0 Å². The molecule has 0 bridgehead atoms. The minimum absolute atomic E-state index is 0.730. The second-order valence-electron chi connectivity index (χ2n) is 3.73. The predicted molar refractivity (Wildman–Crippen MR) is 69.4 cm³/mol. The zero-order chi connectivity index (χ0) is 12.3. The van der Waals surface area contributed by atoms with Crippen molar-refractivity contribution in [2.45, 2.75) is 0 Å². The van der Waals surface area contributed by atoms with E-state index in [4.69, 9.17) is 9.47 Å². The summed E-state index contributed by atoms with van der Waals surface area (Å²) in [6, 6.07) is 13.9. The third-order valence-electron chi connectivity index (χ3n) is 2.71. The predicted octanol–water partition coefficient (Wildman–Crippen LogP) is 3.55. The summed E-state index contributed by atoms with van der Waals surface area (Å²) in [4.78, 5) is 0. The van der Waals surface area contributed by atoms with Crippen molar-refractivity contribution in [2.75, 3.05) is 14.2 Å². The van der Waals surface area contributed by atoms with Crippen molar-refractivity contribution in [1.82, 2.24) is 0 Å². The fraction of sp³-hybridized carbons (Fsp3) is 0.133. The summed E-state index contributed by atoms with van der Waals surface area (Å²) in [5.41, 5.74) is 3.18. The van der Waals surface area contributed by atoms with E-state index >= 15 is 0 Å². The van der Waals surface area contributed by atoms with Crippen LogP contribution in [0, 0.1) is 6.92 Å². The fourth-order valence-corrected chi connectivity index (χ4v) is 1.81. The van der Waals surface area contributed by atoms with Gasteiger partial charge in [0.15, 0.2) is 11.5 Å². The summed E-state index contributed by atoms with van der Waals surface area (Å²) in [6.07, 6.45) is 0. The minimum Gasteiger partial charge on any atom is -0.493 e. The summed E-state index contributed by atoms with van der Waals surface area (Å²) in [6.45, 7) is 4.02. The number of methoxy groups -OCH3 is 2. The highest BCUT2D eigenvalue weighted by Crippen LogP contribution is 2.33. The van der Waals surface area contributed by atoms with Gasteiger partial charge in [-0.05, 0) is 35.7 Å². The van der Waals surface area contributed by atoms with Crippen molar-refractivity contribution >= 4 is 0 Å². The van der Waals surface area contributed by atoms with Crippen LogP contribution < -0.4 is 9.47 Å². The number of rotatable bonds is 3. The van der Waals surface area contributed by atoms with E-state index in [2.05, 4.69) is 6.92 Å². The normalized spacial score (nSPS) is 10.1. The Balaban J connectivity index is 2.50. The molecule has 2 nitrogen and oxygen atoms in total. The molecule has 2 heteroatoms. The molecule has 0 saturated heterocycles. The third kappa shape index (κ3) is 2.26. The molecule has 0 aliphatic carbocycles. The Bertz CT molecular complexity index is 518. The topological polar surface area (TPSA) is 18.5 Å². The van der Waals surface area contributed by atoms with Crippen LogP contribution in [0.1, 0.15) is 5.56 Å². The number of ether oxygens (including phenoxy) is 2. The van der Waals surface area contributed by atoms with Gasteiger partial charge in [-0.25, -0.2) is 0 Å². The summed E-state index contributed by atoms with van der Waals surface area (Å²) in [5, 5.41) is 0. The lowest BCUT2D eigenvalue weighted by molar-refractivity contribution is 0.355. The SMILES string of the molecule is [CH2]c1ccccc1-c1ccc(OC)c(OC)c1. The number of hydrogen-bond acceptors (Lipinski definition) is 2. The molecule has 0 N–H and O–H groups in total. The van der Waals surface area contributed by atoms with Crippen LogP contribution in [0.3, 0.4) is 0 Å². The maximum absolute atomic E-state index is 5.29. The molecule has 0 saturated carbocycles. The Hall–Kier alpha value is -1.96. The zero-order valence-corrected chi connectivity index (χ0v) is 10.1. The largest absolute Gasteiger partial charge is 0.493 e. The van der Waals surface area contributed by atoms with Gasteiger partial charge in [0.2, 0.25) is 0 Å². The average Bonchev–Trinajstić information content (AvgIpc) is 2.38. The fourth-order valence-electron chi connectivity index (χ4n) is 1.81. The molecule has 0 spiro atoms. The van der Waals surface area contributed by atoms with Crippen molar-refractivity contribution in [2.24, 2.45) is 0 Å². The van der Waals surface area contributed by atoms with E-state index in [9.17, 15) is 0 Å². The van der Waals surface area contributed by atoms with Crippen LogP contribution >= 0.6 is 0 Å². The molecule has 0 aliphatic heterocycles. The number of benzene rings is 2. The first-order valence-corrected chi connectivity index (χ1v) is 5.39. The van der Waals surface area contributed by atoms with Gasteiger partial charge in [-0.2, -0.15) is 0 Å². The van der Waals surface area contributed by atoms with Crippen LogP contribution in [-0.4, -0.2) is 14.2 Å². The summed E-state index contributed by atoms with van der Waals surface area (Å²) in [5.74, 6) is 1.46. The van der Waals surface area contributed by atoms with Crippen LogP contribution in [-0.2, 0) is 0 Å². The Morgan fingerprint density at radius 2 is 1.59 bits per heavy atom. The first-order chi connectivity index (χ1) is 8.26. The maximum atomic E-state index is 5.29.